The summed E-state index contributed by atoms with van der Waals surface area (Å²) >= 11 is 0. The molecule has 10 nitrogen and oxygen atoms in total. The number of allylic oxidation sites excluding steroid dienone is 1. The number of benzene rings is 1. The molecule has 3 rings (SSSR count). The van der Waals surface area contributed by atoms with Gasteiger partial charge in [0.1, 0.15) is 0 Å². The summed E-state index contributed by atoms with van der Waals surface area (Å²) in [5, 5.41) is 39.5. The minimum absolute atomic E-state index is 0.00519. The SMILES string of the molecule is C=CCN1C(=O)[C@@](O)([C@@H](C)/C=C/CCn2cc(CCO)nn2)c2cc([N+](=O)[O-])ccc21. The van der Waals surface area contributed by atoms with E-state index in [0.29, 0.717) is 30.8 Å². The van der Waals surface area contributed by atoms with Gasteiger partial charge in [-0.3, -0.25) is 19.6 Å². The molecule has 2 atom stereocenters. The molecule has 0 saturated carbocycles. The lowest BCUT2D eigenvalue weighted by molar-refractivity contribution is -0.385. The number of nitrogens with zero attached hydrogens (tertiary/aromatic N) is 5. The van der Waals surface area contributed by atoms with E-state index in [2.05, 4.69) is 16.9 Å². The number of anilines is 1. The van der Waals surface area contributed by atoms with Gasteiger partial charge in [-0.1, -0.05) is 30.4 Å². The maximum absolute atomic E-state index is 13.1. The van der Waals surface area contributed by atoms with Gasteiger partial charge in [0.15, 0.2) is 5.60 Å². The molecule has 0 spiro atoms. The average molecular weight is 427 g/mol. The van der Waals surface area contributed by atoms with E-state index in [9.17, 15) is 20.0 Å². The molecule has 1 aliphatic rings. The quantitative estimate of drug-likeness (QED) is 0.335. The normalized spacial score (nSPS) is 19.1. The maximum atomic E-state index is 13.1. The molecule has 0 unspecified atom stereocenters. The summed E-state index contributed by atoms with van der Waals surface area (Å²) in [6, 6.07) is 4.06. The highest BCUT2D eigenvalue weighted by molar-refractivity contribution is 6.07. The standard InChI is InChI=1S/C21H25N5O5/c1-3-10-25-19-8-7-17(26(30)31)13-18(19)21(29,20(25)28)15(2)6-4-5-11-24-14-16(9-12-27)22-23-24/h3-4,6-8,13-15,27,29H,1,5,9-12H2,2H3/b6-4+/t15-,21+/m0/s1. The number of hydrogen-bond donors (Lipinski definition) is 2. The number of carbonyl (C=O) groups is 1. The summed E-state index contributed by atoms with van der Waals surface area (Å²) in [7, 11) is 0. The van der Waals surface area contributed by atoms with Gasteiger partial charge >= 0.3 is 0 Å². The Balaban J connectivity index is 1.80. The molecule has 2 aromatic rings. The molecule has 0 fully saturated rings. The van der Waals surface area contributed by atoms with E-state index in [1.807, 2.05) is 6.08 Å². The molecule has 164 valence electrons. The Hall–Kier alpha value is -3.37. The van der Waals surface area contributed by atoms with Crippen molar-refractivity contribution in [2.24, 2.45) is 5.92 Å². The van der Waals surface area contributed by atoms with Crippen molar-refractivity contribution in [3.63, 3.8) is 0 Å². The highest BCUT2D eigenvalue weighted by Gasteiger charge is 2.52. The summed E-state index contributed by atoms with van der Waals surface area (Å²) in [6.45, 7) is 6.08. The highest BCUT2D eigenvalue weighted by atomic mass is 16.6. The van der Waals surface area contributed by atoms with Crippen LogP contribution in [-0.2, 0) is 23.4 Å². The predicted octanol–water partition coefficient (Wildman–Crippen LogP) is 1.72. The van der Waals surface area contributed by atoms with Gasteiger partial charge in [0, 0.05) is 55.9 Å². The number of fused-ring (bicyclic) bond motifs is 1. The summed E-state index contributed by atoms with van der Waals surface area (Å²) in [5.41, 5.74) is -0.742. The minimum Gasteiger partial charge on any atom is -0.396 e. The number of aliphatic hydroxyl groups is 2. The van der Waals surface area contributed by atoms with Gasteiger partial charge in [-0.05, 0) is 12.5 Å². The number of aromatic nitrogens is 3. The topological polar surface area (TPSA) is 135 Å². The van der Waals surface area contributed by atoms with Crippen molar-refractivity contribution in [1.82, 2.24) is 15.0 Å². The van der Waals surface area contributed by atoms with Gasteiger partial charge < -0.3 is 15.1 Å². The van der Waals surface area contributed by atoms with Crippen LogP contribution in [0.4, 0.5) is 11.4 Å². The Morgan fingerprint density at radius 2 is 2.19 bits per heavy atom. The van der Waals surface area contributed by atoms with Crippen molar-refractivity contribution in [3.05, 3.63) is 70.6 Å². The Kier molecular flexibility index (Phi) is 6.62. The molecule has 2 heterocycles. The van der Waals surface area contributed by atoms with Crippen LogP contribution in [0.2, 0.25) is 0 Å². The third kappa shape index (κ3) is 4.25. The van der Waals surface area contributed by atoms with Crippen LogP contribution in [0.3, 0.4) is 0 Å². The van der Waals surface area contributed by atoms with Crippen LogP contribution < -0.4 is 4.90 Å². The average Bonchev–Trinajstić information content (AvgIpc) is 3.28. The molecule has 31 heavy (non-hydrogen) atoms. The van der Waals surface area contributed by atoms with Crippen LogP contribution in [0.5, 0.6) is 0 Å². The molecule has 1 aliphatic heterocycles. The number of aryl methyl sites for hydroxylation is 1. The summed E-state index contributed by atoms with van der Waals surface area (Å²) in [6.07, 6.45) is 7.87. The number of amides is 1. The first-order valence-electron chi connectivity index (χ1n) is 9.93. The van der Waals surface area contributed by atoms with Crippen LogP contribution in [0, 0.1) is 16.0 Å². The van der Waals surface area contributed by atoms with E-state index in [1.54, 1.807) is 30.0 Å². The van der Waals surface area contributed by atoms with Crippen LogP contribution >= 0.6 is 0 Å². The van der Waals surface area contributed by atoms with Gasteiger partial charge in [-0.25, -0.2) is 0 Å². The third-order valence-electron chi connectivity index (χ3n) is 5.34. The Bertz CT molecular complexity index is 1020. The first kappa shape index (κ1) is 22.3. The zero-order chi connectivity index (χ0) is 22.6. The van der Waals surface area contributed by atoms with Gasteiger partial charge in [0.25, 0.3) is 11.6 Å². The second-order valence-corrected chi connectivity index (χ2v) is 7.38. The van der Waals surface area contributed by atoms with Gasteiger partial charge in [-0.2, -0.15) is 0 Å². The first-order chi connectivity index (χ1) is 14.8. The van der Waals surface area contributed by atoms with Crippen LogP contribution in [0.1, 0.15) is 24.6 Å². The van der Waals surface area contributed by atoms with E-state index in [-0.39, 0.29) is 24.4 Å². The highest BCUT2D eigenvalue weighted by Crippen LogP contribution is 2.46. The van der Waals surface area contributed by atoms with E-state index < -0.39 is 22.3 Å². The van der Waals surface area contributed by atoms with Crippen molar-refractivity contribution >= 4 is 17.3 Å². The van der Waals surface area contributed by atoms with Crippen molar-refractivity contribution in [1.29, 1.82) is 0 Å². The van der Waals surface area contributed by atoms with Crippen molar-refractivity contribution in [2.45, 2.75) is 31.9 Å². The lowest BCUT2D eigenvalue weighted by Gasteiger charge is -2.27. The fourth-order valence-electron chi connectivity index (χ4n) is 3.68. The lowest BCUT2D eigenvalue weighted by atomic mass is 9.82. The Morgan fingerprint density at radius 1 is 1.42 bits per heavy atom. The molecule has 1 aromatic carbocycles. The molecule has 0 radical (unpaired) electrons. The second kappa shape index (κ2) is 9.19. The van der Waals surface area contributed by atoms with Crippen molar-refractivity contribution in [3.8, 4) is 0 Å². The molecular weight excluding hydrogens is 402 g/mol. The number of nitro benzene ring substituents is 1. The van der Waals surface area contributed by atoms with E-state index in [1.165, 1.54) is 23.1 Å². The number of hydrogen-bond acceptors (Lipinski definition) is 7. The Labute approximate surface area is 179 Å². The van der Waals surface area contributed by atoms with Crippen molar-refractivity contribution in [2.75, 3.05) is 18.1 Å². The molecule has 1 amide bonds. The third-order valence-corrected chi connectivity index (χ3v) is 5.34. The number of carbonyl (C=O) groups excluding carboxylic acids is 1. The summed E-state index contributed by atoms with van der Waals surface area (Å²) in [5.74, 6) is -1.17. The molecule has 2 N–H and O–H groups in total. The number of aliphatic hydroxyl groups excluding tert-OH is 1. The zero-order valence-corrected chi connectivity index (χ0v) is 17.2. The monoisotopic (exact) mass is 427 g/mol. The molecule has 0 bridgehead atoms. The summed E-state index contributed by atoms with van der Waals surface area (Å²) in [4.78, 5) is 25.2. The lowest BCUT2D eigenvalue weighted by Crippen LogP contribution is -2.44. The fraction of sp³-hybridized carbons (Fsp3) is 0.381. The molecule has 0 aliphatic carbocycles. The van der Waals surface area contributed by atoms with Gasteiger partial charge in [0.2, 0.25) is 0 Å². The molecule has 0 saturated heterocycles. The maximum Gasteiger partial charge on any atom is 0.269 e. The largest absolute Gasteiger partial charge is 0.396 e. The second-order valence-electron chi connectivity index (χ2n) is 7.38. The Morgan fingerprint density at radius 3 is 2.87 bits per heavy atom. The smallest absolute Gasteiger partial charge is 0.269 e. The van der Waals surface area contributed by atoms with E-state index >= 15 is 0 Å². The summed E-state index contributed by atoms with van der Waals surface area (Å²) < 4.78 is 1.65. The predicted molar refractivity (Wildman–Crippen MR) is 113 cm³/mol. The minimum atomic E-state index is -1.91. The van der Waals surface area contributed by atoms with E-state index in [4.69, 9.17) is 5.11 Å². The molecule has 1 aromatic heterocycles. The fourth-order valence-corrected chi connectivity index (χ4v) is 3.68. The number of non-ortho nitro benzene ring substituents is 1. The first-order valence-corrected chi connectivity index (χ1v) is 9.93. The number of rotatable bonds is 10. The molecular formula is C21H25N5O5. The van der Waals surface area contributed by atoms with E-state index in [0.717, 1.165) is 0 Å². The van der Waals surface area contributed by atoms with Crippen LogP contribution in [0.25, 0.3) is 0 Å². The molecule has 10 heteroatoms. The van der Waals surface area contributed by atoms with Crippen LogP contribution in [-0.4, -0.2) is 49.2 Å². The van der Waals surface area contributed by atoms with Gasteiger partial charge in [-0.15, -0.1) is 11.7 Å². The number of nitro groups is 1. The van der Waals surface area contributed by atoms with Gasteiger partial charge in [0.05, 0.1) is 16.3 Å². The zero-order valence-electron chi connectivity index (χ0n) is 17.2. The van der Waals surface area contributed by atoms with Crippen LogP contribution in [0.15, 0.2) is 49.2 Å². The van der Waals surface area contributed by atoms with Crippen molar-refractivity contribution < 1.29 is 19.9 Å².